The van der Waals surface area contributed by atoms with Crippen LogP contribution in [0.4, 0.5) is 5.69 Å². The van der Waals surface area contributed by atoms with Crippen LogP contribution in [-0.4, -0.2) is 16.8 Å². The number of nitrogens with zero attached hydrogens (tertiary/aromatic N) is 1. The van der Waals surface area contributed by atoms with Gasteiger partial charge < -0.3 is 10.1 Å². The molecule has 1 unspecified atom stereocenters. The van der Waals surface area contributed by atoms with Crippen molar-refractivity contribution in [3.05, 3.63) is 83.6 Å². The molecule has 1 aliphatic carbocycles. The lowest BCUT2D eigenvalue weighted by Gasteiger charge is -2.25. The van der Waals surface area contributed by atoms with Crippen LogP contribution >= 0.6 is 11.6 Å². The largest absolute Gasteiger partial charge is 0.439 e. The number of ether oxygens (including phenoxy) is 1. The zero-order valence-corrected chi connectivity index (χ0v) is 16.2. The second-order valence-electron chi connectivity index (χ2n) is 6.95. The predicted molar refractivity (Wildman–Crippen MR) is 111 cm³/mol. The van der Waals surface area contributed by atoms with E-state index in [-0.39, 0.29) is 11.8 Å². The van der Waals surface area contributed by atoms with Gasteiger partial charge in [-0.05, 0) is 60.1 Å². The highest BCUT2D eigenvalue weighted by atomic mass is 35.5. The summed E-state index contributed by atoms with van der Waals surface area (Å²) in [7, 11) is 0. The summed E-state index contributed by atoms with van der Waals surface area (Å²) in [6.07, 6.45) is 4.81. The fourth-order valence-corrected chi connectivity index (χ4v) is 3.70. The molecule has 1 heterocycles. The first-order chi connectivity index (χ1) is 13.7. The van der Waals surface area contributed by atoms with Gasteiger partial charge in [-0.2, -0.15) is 0 Å². The van der Waals surface area contributed by atoms with E-state index in [1.54, 1.807) is 18.3 Å². The van der Waals surface area contributed by atoms with Crippen molar-refractivity contribution in [1.29, 1.82) is 0 Å². The van der Waals surface area contributed by atoms with E-state index in [0.717, 1.165) is 25.0 Å². The molecule has 4 nitrogen and oxygen atoms in total. The molecule has 3 aromatic rings. The standard InChI is InChI=1S/C23H21ClN2O2/c24-14-22(27)26-20-9-11-23(25-15-20)28-21-10-8-18-12-17(6-7-19(18)13-21)16-4-2-1-3-5-16/h1-5,8-11,13,15,17H,6-7,12,14H2,(H,26,27). The number of aryl methyl sites for hydroxylation is 1. The average Bonchev–Trinajstić information content (AvgIpc) is 2.75. The number of aromatic nitrogens is 1. The normalized spacial score (nSPS) is 15.5. The second-order valence-corrected chi connectivity index (χ2v) is 7.22. The number of benzene rings is 2. The number of rotatable bonds is 5. The molecular weight excluding hydrogens is 372 g/mol. The molecule has 0 saturated carbocycles. The molecule has 0 spiro atoms. The molecule has 1 aromatic heterocycles. The van der Waals surface area contributed by atoms with Crippen LogP contribution in [0.1, 0.15) is 29.0 Å². The Morgan fingerprint density at radius 2 is 1.96 bits per heavy atom. The van der Waals surface area contributed by atoms with Crippen molar-refractivity contribution in [1.82, 2.24) is 4.98 Å². The molecule has 1 amide bonds. The molecule has 4 rings (SSSR count). The van der Waals surface area contributed by atoms with Gasteiger partial charge in [-0.15, -0.1) is 11.6 Å². The summed E-state index contributed by atoms with van der Waals surface area (Å²) < 4.78 is 5.89. The van der Waals surface area contributed by atoms with Gasteiger partial charge in [0.2, 0.25) is 11.8 Å². The first-order valence-corrected chi connectivity index (χ1v) is 9.91. The van der Waals surface area contributed by atoms with E-state index in [2.05, 4.69) is 52.8 Å². The molecule has 1 N–H and O–H groups in total. The number of alkyl halides is 1. The summed E-state index contributed by atoms with van der Waals surface area (Å²) in [5, 5.41) is 2.65. The van der Waals surface area contributed by atoms with Crippen LogP contribution in [0.15, 0.2) is 66.9 Å². The SMILES string of the molecule is O=C(CCl)Nc1ccc(Oc2ccc3c(c2)CCC(c2ccccc2)C3)nc1. The van der Waals surface area contributed by atoms with Gasteiger partial charge >= 0.3 is 0 Å². The third kappa shape index (κ3) is 4.34. The van der Waals surface area contributed by atoms with Crippen LogP contribution in [0.3, 0.4) is 0 Å². The number of carbonyl (C=O) groups excluding carboxylic acids is 1. The van der Waals surface area contributed by atoms with E-state index < -0.39 is 0 Å². The fourth-order valence-electron chi connectivity index (χ4n) is 3.63. The van der Waals surface area contributed by atoms with E-state index in [1.807, 2.05) is 6.07 Å². The number of pyridine rings is 1. The van der Waals surface area contributed by atoms with Crippen LogP contribution in [0.5, 0.6) is 11.6 Å². The third-order valence-electron chi connectivity index (χ3n) is 5.04. The number of nitrogens with one attached hydrogen (secondary N) is 1. The van der Waals surface area contributed by atoms with Gasteiger partial charge in [-0.25, -0.2) is 4.98 Å². The maximum absolute atomic E-state index is 11.3. The van der Waals surface area contributed by atoms with Gasteiger partial charge in [0.25, 0.3) is 0 Å². The number of hydrogen-bond donors (Lipinski definition) is 1. The minimum absolute atomic E-state index is 0.0848. The fraction of sp³-hybridized carbons (Fsp3) is 0.217. The molecule has 0 bridgehead atoms. The molecule has 5 heteroatoms. The molecular formula is C23H21ClN2O2. The molecule has 1 atom stereocenters. The van der Waals surface area contributed by atoms with Crippen molar-refractivity contribution in [2.24, 2.45) is 0 Å². The minimum Gasteiger partial charge on any atom is -0.439 e. The van der Waals surface area contributed by atoms with E-state index in [4.69, 9.17) is 16.3 Å². The topological polar surface area (TPSA) is 51.2 Å². The quantitative estimate of drug-likeness (QED) is 0.597. The van der Waals surface area contributed by atoms with Crippen LogP contribution in [-0.2, 0) is 17.6 Å². The van der Waals surface area contributed by atoms with Crippen molar-refractivity contribution < 1.29 is 9.53 Å². The second kappa shape index (κ2) is 8.44. The molecule has 2 aromatic carbocycles. The van der Waals surface area contributed by atoms with E-state index in [9.17, 15) is 4.79 Å². The Morgan fingerprint density at radius 3 is 2.71 bits per heavy atom. The van der Waals surface area contributed by atoms with Crippen molar-refractivity contribution in [2.45, 2.75) is 25.2 Å². The Labute approximate surface area is 169 Å². The maximum Gasteiger partial charge on any atom is 0.239 e. The van der Waals surface area contributed by atoms with E-state index in [1.165, 1.54) is 16.7 Å². The number of hydrogen-bond acceptors (Lipinski definition) is 3. The molecule has 1 aliphatic rings. The summed E-state index contributed by atoms with van der Waals surface area (Å²) >= 11 is 5.49. The van der Waals surface area contributed by atoms with Gasteiger partial charge in [0.05, 0.1) is 11.9 Å². The number of anilines is 1. The van der Waals surface area contributed by atoms with Gasteiger partial charge in [0, 0.05) is 6.07 Å². The lowest BCUT2D eigenvalue weighted by atomic mass is 9.80. The molecule has 0 fully saturated rings. The number of carbonyl (C=O) groups is 1. The molecule has 0 radical (unpaired) electrons. The Hall–Kier alpha value is -2.85. The number of fused-ring (bicyclic) bond motifs is 1. The van der Waals surface area contributed by atoms with Crippen molar-refractivity contribution >= 4 is 23.2 Å². The van der Waals surface area contributed by atoms with Crippen LogP contribution in [0.2, 0.25) is 0 Å². The highest BCUT2D eigenvalue weighted by Gasteiger charge is 2.20. The zero-order valence-electron chi connectivity index (χ0n) is 15.4. The first-order valence-electron chi connectivity index (χ1n) is 9.38. The van der Waals surface area contributed by atoms with Crippen molar-refractivity contribution in [3.8, 4) is 11.6 Å². The Morgan fingerprint density at radius 1 is 1.11 bits per heavy atom. The summed E-state index contributed by atoms with van der Waals surface area (Å²) in [5.74, 6) is 1.50. The Balaban J connectivity index is 1.43. The lowest BCUT2D eigenvalue weighted by molar-refractivity contribution is -0.113. The Bertz CT molecular complexity index is 958. The minimum atomic E-state index is -0.263. The van der Waals surface area contributed by atoms with Gasteiger partial charge in [0.15, 0.2) is 0 Å². The van der Waals surface area contributed by atoms with Crippen molar-refractivity contribution in [3.63, 3.8) is 0 Å². The van der Waals surface area contributed by atoms with Gasteiger partial charge in [-0.1, -0.05) is 36.4 Å². The maximum atomic E-state index is 11.3. The zero-order chi connectivity index (χ0) is 19.3. The molecule has 142 valence electrons. The Kier molecular flexibility index (Phi) is 5.58. The van der Waals surface area contributed by atoms with E-state index in [0.29, 0.717) is 17.5 Å². The molecule has 0 aliphatic heterocycles. The summed E-state index contributed by atoms with van der Waals surface area (Å²) in [6, 6.07) is 20.5. The number of amides is 1. The molecule has 0 saturated heterocycles. The highest BCUT2D eigenvalue weighted by Crippen LogP contribution is 2.35. The van der Waals surface area contributed by atoms with Crippen LogP contribution in [0.25, 0.3) is 0 Å². The predicted octanol–water partition coefficient (Wildman–Crippen LogP) is 5.32. The molecule has 28 heavy (non-hydrogen) atoms. The third-order valence-corrected chi connectivity index (χ3v) is 5.28. The number of halogens is 1. The van der Waals surface area contributed by atoms with Crippen molar-refractivity contribution in [2.75, 3.05) is 11.2 Å². The summed E-state index contributed by atoms with van der Waals surface area (Å²) in [4.78, 5) is 15.6. The smallest absolute Gasteiger partial charge is 0.239 e. The monoisotopic (exact) mass is 392 g/mol. The highest BCUT2D eigenvalue weighted by molar-refractivity contribution is 6.29. The summed E-state index contributed by atoms with van der Waals surface area (Å²) in [5.41, 5.74) is 4.74. The first kappa shape index (κ1) is 18.5. The summed E-state index contributed by atoms with van der Waals surface area (Å²) in [6.45, 7) is 0. The van der Waals surface area contributed by atoms with Gasteiger partial charge in [0.1, 0.15) is 11.6 Å². The lowest BCUT2D eigenvalue weighted by Crippen LogP contribution is -2.13. The van der Waals surface area contributed by atoms with Gasteiger partial charge in [-0.3, -0.25) is 4.79 Å². The van der Waals surface area contributed by atoms with Crippen LogP contribution < -0.4 is 10.1 Å². The van der Waals surface area contributed by atoms with E-state index >= 15 is 0 Å². The van der Waals surface area contributed by atoms with Crippen LogP contribution in [0, 0.1) is 0 Å². The average molecular weight is 393 g/mol.